The van der Waals surface area contributed by atoms with Crippen LogP contribution in [0.4, 0.5) is 11.4 Å². The van der Waals surface area contributed by atoms with Gasteiger partial charge in [0.05, 0.1) is 0 Å². The third kappa shape index (κ3) is 19.6. The summed E-state index contributed by atoms with van der Waals surface area (Å²) in [5.41, 5.74) is 25.5. The van der Waals surface area contributed by atoms with Gasteiger partial charge in [-0.3, -0.25) is 0 Å². The molecule has 0 saturated heterocycles. The van der Waals surface area contributed by atoms with Crippen LogP contribution in [0.2, 0.25) is 0 Å². The van der Waals surface area contributed by atoms with Crippen molar-refractivity contribution in [2.24, 2.45) is 0 Å². The maximum Gasteiger partial charge on any atom is 0.0316 e. The van der Waals surface area contributed by atoms with E-state index in [2.05, 4.69) is 113 Å². The monoisotopic (exact) mass is 827 g/mol. The minimum atomic E-state index is 0.448. The van der Waals surface area contributed by atoms with Crippen molar-refractivity contribution in [3.63, 3.8) is 0 Å². The van der Waals surface area contributed by atoms with Crippen molar-refractivity contribution < 1.29 is 0 Å². The summed E-state index contributed by atoms with van der Waals surface area (Å²) in [6, 6.07) is 32.4. The van der Waals surface area contributed by atoms with E-state index in [1.54, 1.807) is 0 Å². The van der Waals surface area contributed by atoms with E-state index in [9.17, 15) is 0 Å². The number of aryl methyl sites for hydroxylation is 4. The van der Waals surface area contributed by atoms with Crippen LogP contribution < -0.4 is 11.5 Å². The lowest BCUT2D eigenvalue weighted by molar-refractivity contribution is 0.540. The van der Waals surface area contributed by atoms with Crippen LogP contribution in [0.25, 0.3) is 0 Å². The van der Waals surface area contributed by atoms with Crippen LogP contribution in [0.15, 0.2) is 84.9 Å². The molecule has 0 bridgehead atoms. The van der Waals surface area contributed by atoms with Crippen molar-refractivity contribution in [1.82, 2.24) is 0 Å². The number of benzene rings is 4. The third-order valence-corrected chi connectivity index (χ3v) is 13.7. The first-order valence-corrected chi connectivity index (χ1v) is 25.8. The van der Waals surface area contributed by atoms with Gasteiger partial charge >= 0.3 is 0 Å². The predicted octanol–water partition coefficient (Wildman–Crippen LogP) is 18.1. The molecule has 4 aromatic rings. The van der Waals surface area contributed by atoms with Gasteiger partial charge in [-0.15, -0.1) is 0 Å². The Labute approximate surface area is 376 Å². The summed E-state index contributed by atoms with van der Waals surface area (Å²) in [5.74, 6) is 0.896. The highest BCUT2D eigenvalue weighted by molar-refractivity contribution is 5.49. The predicted molar refractivity (Wildman–Crippen MR) is 271 cm³/mol. The van der Waals surface area contributed by atoms with E-state index in [0.29, 0.717) is 11.8 Å². The Balaban J connectivity index is 1.17. The SMILES string of the molecule is CCCCCCCCCCCCC(c1ccc(CCCCCCCc2ccc(C(CCCCCCCCCCCC)c3ccc(N)cc3C)cc2)cc1)c1ccc(N)cc1C. The van der Waals surface area contributed by atoms with Gasteiger partial charge in [0.1, 0.15) is 0 Å². The molecule has 0 saturated carbocycles. The maximum atomic E-state index is 6.17. The van der Waals surface area contributed by atoms with E-state index in [1.807, 2.05) is 0 Å². The standard InChI is InChI=1S/C59H90N2/c1-5-7-9-11-13-15-17-19-24-28-32-58(56-44-42-54(60)46-48(56)3)52-38-34-50(35-39-52)30-26-22-21-23-27-31-51-36-40-53(41-37-51)59(57-45-43-55(61)47-49(57)4)33-29-25-20-18-16-14-12-10-8-6-2/h34-47,58-59H,5-33,60-61H2,1-4H3. The van der Waals surface area contributed by atoms with E-state index in [0.717, 1.165) is 11.4 Å². The first-order valence-electron chi connectivity index (χ1n) is 25.8. The van der Waals surface area contributed by atoms with Gasteiger partial charge in [-0.2, -0.15) is 0 Å². The molecule has 0 aliphatic heterocycles. The Morgan fingerprint density at radius 3 is 0.951 bits per heavy atom. The Morgan fingerprint density at radius 1 is 0.344 bits per heavy atom. The highest BCUT2D eigenvalue weighted by Gasteiger charge is 2.18. The smallest absolute Gasteiger partial charge is 0.0316 e. The summed E-state index contributed by atoms with van der Waals surface area (Å²) in [5, 5.41) is 0. The molecular weight excluding hydrogens is 737 g/mol. The van der Waals surface area contributed by atoms with Gasteiger partial charge in [0.25, 0.3) is 0 Å². The minimum Gasteiger partial charge on any atom is -0.399 e. The second kappa shape index (κ2) is 30.5. The fourth-order valence-electron chi connectivity index (χ4n) is 9.88. The summed E-state index contributed by atoms with van der Waals surface area (Å²) < 4.78 is 0. The lowest BCUT2D eigenvalue weighted by Crippen LogP contribution is -2.05. The molecule has 0 aromatic heterocycles. The first kappa shape index (κ1) is 50.1. The topological polar surface area (TPSA) is 52.0 Å². The molecule has 2 nitrogen and oxygen atoms in total. The minimum absolute atomic E-state index is 0.448. The van der Waals surface area contributed by atoms with E-state index in [-0.39, 0.29) is 0 Å². The summed E-state index contributed by atoms with van der Waals surface area (Å²) in [6.45, 7) is 9.08. The van der Waals surface area contributed by atoms with Gasteiger partial charge in [0, 0.05) is 23.2 Å². The molecular formula is C59H90N2. The number of nitrogens with two attached hydrogens (primary N) is 2. The highest BCUT2D eigenvalue weighted by atomic mass is 14.5. The molecule has 2 heteroatoms. The largest absolute Gasteiger partial charge is 0.399 e. The molecule has 0 amide bonds. The van der Waals surface area contributed by atoms with Gasteiger partial charge in [0.2, 0.25) is 0 Å². The van der Waals surface area contributed by atoms with E-state index >= 15 is 0 Å². The molecule has 2 atom stereocenters. The zero-order chi connectivity index (χ0) is 43.3. The van der Waals surface area contributed by atoms with Gasteiger partial charge in [0.15, 0.2) is 0 Å². The zero-order valence-electron chi connectivity index (χ0n) is 39.9. The van der Waals surface area contributed by atoms with Crippen molar-refractivity contribution in [1.29, 1.82) is 0 Å². The van der Waals surface area contributed by atoms with Crippen LogP contribution >= 0.6 is 0 Å². The molecule has 0 aliphatic carbocycles. The zero-order valence-corrected chi connectivity index (χ0v) is 39.9. The van der Waals surface area contributed by atoms with Crippen LogP contribution in [0.5, 0.6) is 0 Å². The summed E-state index contributed by atoms with van der Waals surface area (Å²) in [6.07, 6.45) is 38.9. The van der Waals surface area contributed by atoms with Crippen LogP contribution in [-0.4, -0.2) is 0 Å². The summed E-state index contributed by atoms with van der Waals surface area (Å²) in [7, 11) is 0. The van der Waals surface area contributed by atoms with Crippen molar-refractivity contribution in [3.05, 3.63) is 129 Å². The second-order valence-corrected chi connectivity index (χ2v) is 19.0. The number of nitrogen functional groups attached to an aromatic ring is 2. The fourth-order valence-corrected chi connectivity index (χ4v) is 9.88. The number of hydrogen-bond acceptors (Lipinski definition) is 2. The Hall–Kier alpha value is -3.52. The number of anilines is 2. The van der Waals surface area contributed by atoms with E-state index in [1.165, 1.54) is 231 Å². The third-order valence-electron chi connectivity index (χ3n) is 13.7. The van der Waals surface area contributed by atoms with Gasteiger partial charge in [-0.1, -0.05) is 222 Å². The van der Waals surface area contributed by atoms with Crippen LogP contribution in [0, 0.1) is 13.8 Å². The van der Waals surface area contributed by atoms with Crippen LogP contribution in [0.1, 0.15) is 244 Å². The highest BCUT2D eigenvalue weighted by Crippen LogP contribution is 2.35. The summed E-state index contributed by atoms with van der Waals surface area (Å²) >= 11 is 0. The lowest BCUT2D eigenvalue weighted by atomic mass is 9.84. The Kier molecular flexibility index (Phi) is 25.1. The molecule has 4 aromatic carbocycles. The molecule has 4 rings (SSSR count). The van der Waals surface area contributed by atoms with Crippen molar-refractivity contribution in [3.8, 4) is 0 Å². The maximum absolute atomic E-state index is 6.17. The number of unbranched alkanes of at least 4 members (excludes halogenated alkanes) is 22. The van der Waals surface area contributed by atoms with E-state index < -0.39 is 0 Å². The normalized spacial score (nSPS) is 12.5. The molecule has 0 fully saturated rings. The van der Waals surface area contributed by atoms with E-state index in [4.69, 9.17) is 11.5 Å². The quantitative estimate of drug-likeness (QED) is 0.0364. The Morgan fingerprint density at radius 2 is 0.639 bits per heavy atom. The van der Waals surface area contributed by atoms with Crippen molar-refractivity contribution >= 4 is 11.4 Å². The van der Waals surface area contributed by atoms with Crippen LogP contribution in [-0.2, 0) is 12.8 Å². The molecule has 336 valence electrons. The summed E-state index contributed by atoms with van der Waals surface area (Å²) in [4.78, 5) is 0. The fraction of sp³-hybridized carbons (Fsp3) is 0.593. The molecule has 0 aliphatic rings. The molecule has 0 heterocycles. The van der Waals surface area contributed by atoms with Gasteiger partial charge in [-0.05, 0) is 121 Å². The van der Waals surface area contributed by atoms with Gasteiger partial charge < -0.3 is 11.5 Å². The second-order valence-electron chi connectivity index (χ2n) is 19.0. The average Bonchev–Trinajstić information content (AvgIpc) is 3.26. The molecule has 61 heavy (non-hydrogen) atoms. The van der Waals surface area contributed by atoms with Crippen molar-refractivity contribution in [2.75, 3.05) is 11.5 Å². The average molecular weight is 827 g/mol. The molecule has 0 spiro atoms. The molecule has 0 radical (unpaired) electrons. The lowest BCUT2D eigenvalue weighted by Gasteiger charge is -2.21. The Bertz CT molecular complexity index is 1580. The first-order chi connectivity index (χ1) is 29.9. The number of rotatable bonds is 34. The molecule has 4 N–H and O–H groups in total. The number of hydrogen-bond donors (Lipinski definition) is 2. The van der Waals surface area contributed by atoms with Crippen molar-refractivity contribution in [2.45, 2.75) is 226 Å². The molecule has 2 unspecified atom stereocenters. The van der Waals surface area contributed by atoms with Crippen LogP contribution in [0.3, 0.4) is 0 Å². The van der Waals surface area contributed by atoms with Gasteiger partial charge in [-0.25, -0.2) is 0 Å².